The van der Waals surface area contributed by atoms with Gasteiger partial charge in [0.2, 0.25) is 0 Å². The second-order valence-electron chi connectivity index (χ2n) is 5.25. The van der Waals surface area contributed by atoms with Crippen molar-refractivity contribution in [3.8, 4) is 0 Å². The third-order valence-corrected chi connectivity index (χ3v) is 3.81. The van der Waals surface area contributed by atoms with Crippen LogP contribution < -0.4 is 0 Å². The van der Waals surface area contributed by atoms with Gasteiger partial charge in [0.25, 0.3) is 0 Å². The number of nitrogens with one attached hydrogen (secondary N) is 1. The Morgan fingerprint density at radius 2 is 1.77 bits per heavy atom. The highest BCUT2D eigenvalue weighted by atomic mass is 14.9. The van der Waals surface area contributed by atoms with E-state index in [1.807, 2.05) is 6.33 Å². The number of aromatic amines is 1. The summed E-state index contributed by atoms with van der Waals surface area (Å²) in [4.78, 5) is 7.84. The van der Waals surface area contributed by atoms with Crippen molar-refractivity contribution in [1.82, 2.24) is 9.97 Å². The van der Waals surface area contributed by atoms with E-state index in [0.717, 1.165) is 0 Å². The lowest BCUT2D eigenvalue weighted by Crippen LogP contribution is -2.11. The molecular formula is C11H16N2. The lowest BCUT2D eigenvalue weighted by atomic mass is 9.95. The number of H-pyrrole nitrogens is 1. The molecular weight excluding hydrogens is 160 g/mol. The van der Waals surface area contributed by atoms with Gasteiger partial charge in [0.1, 0.15) is 0 Å². The Bertz CT molecular complexity index is 310. The molecule has 0 bridgehead atoms. The summed E-state index contributed by atoms with van der Waals surface area (Å²) in [6.45, 7) is 4.67. The van der Waals surface area contributed by atoms with Gasteiger partial charge in [-0.05, 0) is 25.7 Å². The van der Waals surface area contributed by atoms with E-state index in [1.54, 1.807) is 0 Å². The molecule has 2 aliphatic rings. The minimum Gasteiger partial charge on any atom is -0.348 e. The zero-order valence-electron chi connectivity index (χ0n) is 8.35. The van der Waals surface area contributed by atoms with Crippen LogP contribution in [0.3, 0.4) is 0 Å². The van der Waals surface area contributed by atoms with Gasteiger partial charge in [0.05, 0.1) is 12.0 Å². The summed E-state index contributed by atoms with van der Waals surface area (Å²) in [5.41, 5.74) is 3.64. The smallest absolute Gasteiger partial charge is 0.0925 e. The molecule has 2 aliphatic carbocycles. The highest BCUT2D eigenvalue weighted by Gasteiger charge is 2.49. The van der Waals surface area contributed by atoms with Gasteiger partial charge in [0.15, 0.2) is 0 Å². The van der Waals surface area contributed by atoms with Crippen LogP contribution >= 0.6 is 0 Å². The molecule has 0 amide bonds. The van der Waals surface area contributed by atoms with Crippen LogP contribution in [0, 0.1) is 0 Å². The summed E-state index contributed by atoms with van der Waals surface area (Å²) in [5, 5.41) is 0. The lowest BCUT2D eigenvalue weighted by molar-refractivity contribution is 0.683. The molecule has 2 saturated carbocycles. The van der Waals surface area contributed by atoms with Crippen molar-refractivity contribution >= 4 is 0 Å². The lowest BCUT2D eigenvalue weighted by Gasteiger charge is -2.12. The van der Waals surface area contributed by atoms with E-state index in [4.69, 9.17) is 0 Å². The molecule has 0 unspecified atom stereocenters. The molecule has 70 valence electrons. The molecule has 0 radical (unpaired) electrons. The zero-order chi connectivity index (χ0) is 9.10. The standard InChI is InChI=1S/C11H16N2/c1-10(3-4-10)8-9(13-7-12-8)11(2)5-6-11/h7H,3-6H2,1-2H3,(H,12,13). The van der Waals surface area contributed by atoms with E-state index in [9.17, 15) is 0 Å². The van der Waals surface area contributed by atoms with Crippen LogP contribution in [0.2, 0.25) is 0 Å². The van der Waals surface area contributed by atoms with E-state index in [-0.39, 0.29) is 0 Å². The van der Waals surface area contributed by atoms with Gasteiger partial charge in [-0.25, -0.2) is 4.98 Å². The minimum atomic E-state index is 0.418. The fourth-order valence-electron chi connectivity index (χ4n) is 2.07. The van der Waals surface area contributed by atoms with Crippen molar-refractivity contribution < 1.29 is 0 Å². The molecule has 1 aromatic rings. The number of rotatable bonds is 2. The Hall–Kier alpha value is -0.790. The van der Waals surface area contributed by atoms with Crippen molar-refractivity contribution in [2.75, 3.05) is 0 Å². The van der Waals surface area contributed by atoms with Crippen LogP contribution in [0.25, 0.3) is 0 Å². The van der Waals surface area contributed by atoms with Gasteiger partial charge in [-0.1, -0.05) is 13.8 Å². The Labute approximate surface area is 78.8 Å². The molecule has 0 aromatic carbocycles. The minimum absolute atomic E-state index is 0.418. The summed E-state index contributed by atoms with van der Waals surface area (Å²) < 4.78 is 0. The molecule has 13 heavy (non-hydrogen) atoms. The molecule has 1 aromatic heterocycles. The fourth-order valence-corrected chi connectivity index (χ4v) is 2.07. The first kappa shape index (κ1) is 7.60. The van der Waals surface area contributed by atoms with E-state index in [1.165, 1.54) is 37.1 Å². The summed E-state index contributed by atoms with van der Waals surface area (Å²) in [5.74, 6) is 0. The number of nitrogens with zero attached hydrogens (tertiary/aromatic N) is 1. The van der Waals surface area contributed by atoms with Gasteiger partial charge in [-0.15, -0.1) is 0 Å². The van der Waals surface area contributed by atoms with Crippen LogP contribution in [0.15, 0.2) is 6.33 Å². The Balaban J connectivity index is 2.06. The fraction of sp³-hybridized carbons (Fsp3) is 0.727. The quantitative estimate of drug-likeness (QED) is 0.737. The van der Waals surface area contributed by atoms with Gasteiger partial charge in [0, 0.05) is 16.5 Å². The average molecular weight is 176 g/mol. The number of hydrogen-bond acceptors (Lipinski definition) is 1. The topological polar surface area (TPSA) is 28.7 Å². The molecule has 2 nitrogen and oxygen atoms in total. The van der Waals surface area contributed by atoms with Crippen molar-refractivity contribution in [1.29, 1.82) is 0 Å². The van der Waals surface area contributed by atoms with Crippen LogP contribution in [0.4, 0.5) is 0 Å². The zero-order valence-corrected chi connectivity index (χ0v) is 8.35. The van der Waals surface area contributed by atoms with Crippen molar-refractivity contribution in [2.45, 2.75) is 50.4 Å². The summed E-state index contributed by atoms with van der Waals surface area (Å²) >= 11 is 0. The second kappa shape index (κ2) is 1.99. The number of aromatic nitrogens is 2. The van der Waals surface area contributed by atoms with Gasteiger partial charge in [-0.3, -0.25) is 0 Å². The molecule has 2 fully saturated rings. The number of hydrogen-bond donors (Lipinski definition) is 1. The molecule has 1 heterocycles. The second-order valence-corrected chi connectivity index (χ2v) is 5.25. The van der Waals surface area contributed by atoms with Gasteiger partial charge in [-0.2, -0.15) is 0 Å². The third-order valence-electron chi connectivity index (χ3n) is 3.81. The number of imidazole rings is 1. The highest BCUT2D eigenvalue weighted by molar-refractivity contribution is 5.35. The van der Waals surface area contributed by atoms with Crippen LogP contribution in [-0.2, 0) is 10.8 Å². The van der Waals surface area contributed by atoms with Crippen molar-refractivity contribution in [3.63, 3.8) is 0 Å². The average Bonchev–Trinajstić information content (AvgIpc) is 2.98. The molecule has 3 rings (SSSR count). The first-order chi connectivity index (χ1) is 6.14. The van der Waals surface area contributed by atoms with Crippen LogP contribution in [-0.4, -0.2) is 9.97 Å². The Morgan fingerprint density at radius 3 is 2.31 bits per heavy atom. The van der Waals surface area contributed by atoms with Gasteiger partial charge < -0.3 is 4.98 Å². The molecule has 0 saturated heterocycles. The Kier molecular flexibility index (Phi) is 1.17. The predicted molar refractivity (Wildman–Crippen MR) is 51.8 cm³/mol. The van der Waals surface area contributed by atoms with E-state index in [0.29, 0.717) is 10.8 Å². The first-order valence-electron chi connectivity index (χ1n) is 5.18. The maximum absolute atomic E-state index is 4.50. The van der Waals surface area contributed by atoms with Crippen LogP contribution in [0.5, 0.6) is 0 Å². The largest absolute Gasteiger partial charge is 0.348 e. The van der Waals surface area contributed by atoms with Crippen molar-refractivity contribution in [3.05, 3.63) is 17.7 Å². The monoisotopic (exact) mass is 176 g/mol. The SMILES string of the molecule is CC1(c2nc[nH]c2C2(C)CC2)CC1. The maximum Gasteiger partial charge on any atom is 0.0925 e. The maximum atomic E-state index is 4.50. The summed E-state index contributed by atoms with van der Waals surface area (Å²) in [6, 6.07) is 0. The van der Waals surface area contributed by atoms with Crippen LogP contribution in [0.1, 0.15) is 50.9 Å². The summed E-state index contributed by atoms with van der Waals surface area (Å²) in [7, 11) is 0. The first-order valence-corrected chi connectivity index (χ1v) is 5.18. The van der Waals surface area contributed by atoms with E-state index < -0.39 is 0 Å². The van der Waals surface area contributed by atoms with E-state index in [2.05, 4.69) is 23.8 Å². The predicted octanol–water partition coefficient (Wildman–Crippen LogP) is 2.51. The molecule has 0 atom stereocenters. The Morgan fingerprint density at radius 1 is 1.15 bits per heavy atom. The van der Waals surface area contributed by atoms with E-state index >= 15 is 0 Å². The van der Waals surface area contributed by atoms with Crippen molar-refractivity contribution in [2.24, 2.45) is 0 Å². The van der Waals surface area contributed by atoms with Gasteiger partial charge >= 0.3 is 0 Å². The molecule has 2 heteroatoms. The molecule has 0 spiro atoms. The molecule has 0 aliphatic heterocycles. The highest BCUT2D eigenvalue weighted by Crippen LogP contribution is 2.54. The molecule has 1 N–H and O–H groups in total. The summed E-state index contributed by atoms with van der Waals surface area (Å²) in [6.07, 6.45) is 7.18. The third kappa shape index (κ3) is 0.976. The normalized spacial score (nSPS) is 27.2.